The largest absolute Gasteiger partial charge is 0.348 e. The highest BCUT2D eigenvalue weighted by molar-refractivity contribution is 7.90. The first-order valence-corrected chi connectivity index (χ1v) is 15.5. The molecule has 2 aromatic rings. The summed E-state index contributed by atoms with van der Waals surface area (Å²) in [4.78, 5) is 31.6. The maximum atomic E-state index is 13.4. The molecule has 0 aliphatic carbocycles. The molecule has 2 aliphatic heterocycles. The van der Waals surface area contributed by atoms with Gasteiger partial charge in [0, 0.05) is 36.7 Å². The molecule has 1 atom stereocenters. The molecule has 1 N–H and O–H groups in total. The Morgan fingerprint density at radius 2 is 1.73 bits per heavy atom. The average molecular weight is 568 g/mol. The van der Waals surface area contributed by atoms with Crippen molar-refractivity contribution in [1.29, 1.82) is 0 Å². The van der Waals surface area contributed by atoms with Gasteiger partial charge < -0.3 is 15.1 Å². The summed E-state index contributed by atoms with van der Waals surface area (Å²) in [5, 5.41) is 5.25. The third kappa shape index (κ3) is 7.13. The normalized spacial score (nSPS) is 18.7. The Kier molecular flexibility index (Phi) is 9.83. The number of thiophene rings is 1. The number of carbonyl (C=O) groups excluding carboxylic acids is 2. The summed E-state index contributed by atoms with van der Waals surface area (Å²) in [5.41, 5.74) is 0.677. The van der Waals surface area contributed by atoms with E-state index in [4.69, 9.17) is 0 Å². The minimum atomic E-state index is -3.22. The number of piperidine rings is 1. The van der Waals surface area contributed by atoms with Gasteiger partial charge in [0.25, 0.3) is 0 Å². The van der Waals surface area contributed by atoms with Gasteiger partial charge in [-0.2, -0.15) is 0 Å². The van der Waals surface area contributed by atoms with Crippen LogP contribution in [0.2, 0.25) is 0 Å². The molecule has 1 unspecified atom stereocenters. The first kappa shape index (κ1) is 29.6. The smallest absolute Gasteiger partial charge is 0.229 e. The lowest BCUT2D eigenvalue weighted by Gasteiger charge is -2.38. The molecule has 204 valence electrons. The second-order valence-electron chi connectivity index (χ2n) is 10.5. The number of hydrogen-bond acceptors (Lipinski definition) is 6. The van der Waals surface area contributed by atoms with Crippen LogP contribution in [0.15, 0.2) is 46.7 Å². The second kappa shape index (κ2) is 12.3. The predicted molar refractivity (Wildman–Crippen MR) is 150 cm³/mol. The maximum Gasteiger partial charge on any atom is 0.229 e. The lowest BCUT2D eigenvalue weighted by molar-refractivity contribution is -0.139. The van der Waals surface area contributed by atoms with E-state index in [1.807, 2.05) is 30.2 Å². The van der Waals surface area contributed by atoms with E-state index in [0.717, 1.165) is 57.4 Å². The van der Waals surface area contributed by atoms with E-state index < -0.39 is 9.84 Å². The first-order chi connectivity index (χ1) is 17.1. The molecule has 7 nitrogen and oxygen atoms in total. The number of sulfone groups is 1. The fourth-order valence-corrected chi connectivity index (χ4v) is 6.64. The highest BCUT2D eigenvalue weighted by Gasteiger charge is 2.47. The minimum Gasteiger partial charge on any atom is -0.348 e. The molecule has 0 radical (unpaired) electrons. The van der Waals surface area contributed by atoms with E-state index in [1.54, 1.807) is 35.6 Å². The van der Waals surface area contributed by atoms with Crippen molar-refractivity contribution in [3.8, 4) is 0 Å². The van der Waals surface area contributed by atoms with Gasteiger partial charge in [-0.15, -0.1) is 23.7 Å². The van der Waals surface area contributed by atoms with Crippen molar-refractivity contribution in [2.24, 2.45) is 11.3 Å². The van der Waals surface area contributed by atoms with Crippen molar-refractivity contribution in [3.05, 3.63) is 52.2 Å². The van der Waals surface area contributed by atoms with Crippen molar-refractivity contribution in [2.75, 3.05) is 32.4 Å². The van der Waals surface area contributed by atoms with Crippen LogP contribution >= 0.6 is 23.7 Å². The monoisotopic (exact) mass is 567 g/mol. The van der Waals surface area contributed by atoms with Crippen LogP contribution < -0.4 is 5.32 Å². The summed E-state index contributed by atoms with van der Waals surface area (Å²) in [5.74, 6) is 0.264. The Labute approximate surface area is 230 Å². The molecule has 2 aliphatic rings. The molecule has 10 heteroatoms. The van der Waals surface area contributed by atoms with Crippen LogP contribution in [0.25, 0.3) is 0 Å². The molecule has 2 saturated heterocycles. The molecule has 3 heterocycles. The van der Waals surface area contributed by atoms with Crippen LogP contribution in [0.4, 0.5) is 0 Å². The van der Waals surface area contributed by atoms with Gasteiger partial charge in [0.1, 0.15) is 0 Å². The molecule has 1 aromatic heterocycles. The number of nitrogens with zero attached hydrogens (tertiary/aromatic N) is 2. The quantitative estimate of drug-likeness (QED) is 0.488. The zero-order valence-corrected chi connectivity index (χ0v) is 24.3. The van der Waals surface area contributed by atoms with E-state index >= 15 is 0 Å². The van der Waals surface area contributed by atoms with Gasteiger partial charge in [-0.05, 0) is 67.9 Å². The van der Waals surface area contributed by atoms with Gasteiger partial charge in [0.2, 0.25) is 11.8 Å². The second-order valence-corrected chi connectivity index (χ2v) is 13.5. The molecule has 1 aromatic carbocycles. The molecule has 0 bridgehead atoms. The number of benzene rings is 1. The van der Waals surface area contributed by atoms with Crippen LogP contribution in [0.3, 0.4) is 0 Å². The number of amides is 2. The highest BCUT2D eigenvalue weighted by Crippen LogP contribution is 2.42. The molecule has 1 spiro atoms. The number of hydrogen-bond donors (Lipinski definition) is 1. The Bertz CT molecular complexity index is 1160. The van der Waals surface area contributed by atoms with Crippen LogP contribution in [0.5, 0.6) is 0 Å². The van der Waals surface area contributed by atoms with Gasteiger partial charge in [0.15, 0.2) is 9.84 Å². The van der Waals surface area contributed by atoms with Crippen molar-refractivity contribution >= 4 is 45.4 Å². The number of likely N-dealkylation sites (tertiary alicyclic amines) is 2. The van der Waals surface area contributed by atoms with Crippen molar-refractivity contribution < 1.29 is 18.0 Å². The number of nitrogens with one attached hydrogen (secondary N) is 1. The van der Waals surface area contributed by atoms with Gasteiger partial charge in [0.05, 0.1) is 16.4 Å². The van der Waals surface area contributed by atoms with Crippen molar-refractivity contribution in [2.45, 2.75) is 57.0 Å². The molecule has 4 rings (SSSR count). The van der Waals surface area contributed by atoms with Crippen molar-refractivity contribution in [3.63, 3.8) is 0 Å². The topological polar surface area (TPSA) is 86.8 Å². The van der Waals surface area contributed by atoms with Crippen LogP contribution in [-0.2, 0) is 26.0 Å². The number of rotatable bonds is 9. The molecular weight excluding hydrogens is 530 g/mol. The summed E-state index contributed by atoms with van der Waals surface area (Å²) in [6.07, 6.45) is 4.65. The third-order valence-corrected chi connectivity index (χ3v) is 9.72. The van der Waals surface area contributed by atoms with E-state index in [1.165, 1.54) is 11.1 Å². The zero-order valence-electron chi connectivity index (χ0n) is 21.8. The lowest BCUT2D eigenvalue weighted by atomic mass is 9.77. The predicted octanol–water partition coefficient (Wildman–Crippen LogP) is 4.29. The summed E-state index contributed by atoms with van der Waals surface area (Å²) in [6, 6.07) is 11.0. The Morgan fingerprint density at radius 3 is 2.30 bits per heavy atom. The standard InChI is InChI=1S/C27H37N3O4S2.ClH/c1-20(2)25(31)28-23(24-5-4-18-35-24)10-14-29-15-11-27(12-16-29)13-17-30(26(27)32)19-21-6-8-22(9-7-21)36(3,33)34;/h4-9,18,20,23H,10-17,19H2,1-3H3,(H,28,31);1H. The molecule has 37 heavy (non-hydrogen) atoms. The lowest BCUT2D eigenvalue weighted by Crippen LogP contribution is -2.45. The van der Waals surface area contributed by atoms with Gasteiger partial charge >= 0.3 is 0 Å². The highest BCUT2D eigenvalue weighted by atomic mass is 35.5. The van der Waals surface area contributed by atoms with Gasteiger partial charge in [-0.1, -0.05) is 32.0 Å². The van der Waals surface area contributed by atoms with Crippen LogP contribution in [0.1, 0.15) is 56.0 Å². The number of halogens is 1. The van der Waals surface area contributed by atoms with E-state index in [2.05, 4.69) is 16.3 Å². The fourth-order valence-electron chi connectivity index (χ4n) is 5.20. The molecule has 2 fully saturated rings. The van der Waals surface area contributed by atoms with E-state index in [-0.39, 0.29) is 41.6 Å². The Hall–Kier alpha value is -1.94. The summed E-state index contributed by atoms with van der Waals surface area (Å²) in [7, 11) is -3.22. The van der Waals surface area contributed by atoms with Gasteiger partial charge in [-0.25, -0.2) is 8.42 Å². The third-order valence-electron chi connectivity index (χ3n) is 7.60. The SMILES string of the molecule is CC(C)C(=O)NC(CCN1CCC2(CC1)CCN(Cc1ccc(S(C)(=O)=O)cc1)C2=O)c1cccs1.Cl. The average Bonchev–Trinajstić information content (AvgIpc) is 3.48. The Morgan fingerprint density at radius 1 is 1.08 bits per heavy atom. The molecule has 2 amide bonds. The summed E-state index contributed by atoms with van der Waals surface area (Å²) in [6.45, 7) is 7.76. The first-order valence-electron chi connectivity index (χ1n) is 12.7. The van der Waals surface area contributed by atoms with Crippen LogP contribution in [0, 0.1) is 11.3 Å². The summed E-state index contributed by atoms with van der Waals surface area (Å²) >= 11 is 1.68. The fraction of sp³-hybridized carbons (Fsp3) is 0.556. The molecular formula is C27H38ClN3O4S2. The summed E-state index contributed by atoms with van der Waals surface area (Å²) < 4.78 is 23.4. The maximum absolute atomic E-state index is 13.4. The Balaban J connectivity index is 0.00000380. The number of carbonyl (C=O) groups is 2. The zero-order chi connectivity index (χ0) is 25.9. The molecule has 0 saturated carbocycles. The van der Waals surface area contributed by atoms with Crippen molar-refractivity contribution in [1.82, 2.24) is 15.1 Å². The van der Waals surface area contributed by atoms with E-state index in [0.29, 0.717) is 11.4 Å². The van der Waals surface area contributed by atoms with Gasteiger partial charge in [-0.3, -0.25) is 9.59 Å². The minimum absolute atomic E-state index is 0. The van der Waals surface area contributed by atoms with Crippen LogP contribution in [-0.4, -0.2) is 62.5 Å². The van der Waals surface area contributed by atoms with E-state index in [9.17, 15) is 18.0 Å².